The molecule has 1 saturated heterocycles. The van der Waals surface area contributed by atoms with Crippen molar-refractivity contribution in [3.05, 3.63) is 34.3 Å². The van der Waals surface area contributed by atoms with Crippen LogP contribution in [0.2, 0.25) is 5.02 Å². The standard InChI is InChI=1S/C12H13ClO2/c1-8(14)9-2-3-11(12(13)6-9)10-4-5-15-7-10/h2-3,6,10H,4-5,7H2,1H3. The molecule has 0 bridgehead atoms. The van der Waals surface area contributed by atoms with Gasteiger partial charge in [0.1, 0.15) is 0 Å². The Kier molecular flexibility index (Phi) is 3.08. The van der Waals surface area contributed by atoms with E-state index in [-0.39, 0.29) is 5.78 Å². The molecule has 0 aromatic heterocycles. The zero-order valence-electron chi connectivity index (χ0n) is 8.63. The van der Waals surface area contributed by atoms with Gasteiger partial charge in [0.25, 0.3) is 0 Å². The molecular weight excluding hydrogens is 212 g/mol. The summed E-state index contributed by atoms with van der Waals surface area (Å²) in [6, 6.07) is 5.53. The van der Waals surface area contributed by atoms with Gasteiger partial charge >= 0.3 is 0 Å². The van der Waals surface area contributed by atoms with Crippen molar-refractivity contribution < 1.29 is 9.53 Å². The number of Topliss-reactive ketones (excluding diaryl/α,β-unsaturated/α-hetero) is 1. The molecule has 0 N–H and O–H groups in total. The van der Waals surface area contributed by atoms with E-state index in [2.05, 4.69) is 0 Å². The van der Waals surface area contributed by atoms with E-state index in [1.807, 2.05) is 12.1 Å². The van der Waals surface area contributed by atoms with Gasteiger partial charge in [-0.1, -0.05) is 23.7 Å². The van der Waals surface area contributed by atoms with Crippen molar-refractivity contribution >= 4 is 17.4 Å². The van der Waals surface area contributed by atoms with Crippen molar-refractivity contribution in [2.75, 3.05) is 13.2 Å². The molecule has 2 rings (SSSR count). The van der Waals surface area contributed by atoms with Crippen molar-refractivity contribution in [1.82, 2.24) is 0 Å². The van der Waals surface area contributed by atoms with Gasteiger partial charge in [0.15, 0.2) is 5.78 Å². The van der Waals surface area contributed by atoms with E-state index in [1.165, 1.54) is 0 Å². The van der Waals surface area contributed by atoms with Crippen LogP contribution in [-0.4, -0.2) is 19.0 Å². The maximum absolute atomic E-state index is 11.1. The molecule has 1 aliphatic heterocycles. The fraction of sp³-hybridized carbons (Fsp3) is 0.417. The van der Waals surface area contributed by atoms with E-state index >= 15 is 0 Å². The average Bonchev–Trinajstić information content (AvgIpc) is 2.70. The maximum Gasteiger partial charge on any atom is 0.159 e. The molecule has 1 unspecified atom stereocenters. The number of halogens is 1. The summed E-state index contributed by atoms with van der Waals surface area (Å²) in [6.07, 6.45) is 1.01. The second-order valence-corrected chi connectivity index (χ2v) is 4.26. The fourth-order valence-electron chi connectivity index (χ4n) is 1.86. The predicted molar refractivity (Wildman–Crippen MR) is 59.6 cm³/mol. The van der Waals surface area contributed by atoms with Gasteiger partial charge in [-0.3, -0.25) is 4.79 Å². The van der Waals surface area contributed by atoms with Crippen LogP contribution in [0.25, 0.3) is 0 Å². The minimum Gasteiger partial charge on any atom is -0.381 e. The first-order valence-electron chi connectivity index (χ1n) is 5.06. The van der Waals surface area contributed by atoms with Crippen molar-refractivity contribution in [3.63, 3.8) is 0 Å². The van der Waals surface area contributed by atoms with Gasteiger partial charge in [-0.15, -0.1) is 0 Å². The lowest BCUT2D eigenvalue weighted by Gasteiger charge is -2.10. The molecule has 0 radical (unpaired) electrons. The molecule has 0 saturated carbocycles. The van der Waals surface area contributed by atoms with Crippen LogP contribution in [0.1, 0.15) is 35.2 Å². The van der Waals surface area contributed by atoms with Gasteiger partial charge in [0, 0.05) is 23.1 Å². The number of ether oxygens (including phenoxy) is 1. The lowest BCUT2D eigenvalue weighted by atomic mass is 9.97. The summed E-state index contributed by atoms with van der Waals surface area (Å²) in [6.45, 7) is 3.08. The average molecular weight is 225 g/mol. The van der Waals surface area contributed by atoms with Gasteiger partial charge in [-0.05, 0) is 25.0 Å². The van der Waals surface area contributed by atoms with Gasteiger partial charge < -0.3 is 4.74 Å². The highest BCUT2D eigenvalue weighted by Gasteiger charge is 2.20. The first-order valence-corrected chi connectivity index (χ1v) is 5.44. The minimum absolute atomic E-state index is 0.0473. The Hall–Kier alpha value is -0.860. The SMILES string of the molecule is CC(=O)c1ccc(C2CCOC2)c(Cl)c1. The number of carbonyl (C=O) groups excluding carboxylic acids is 1. The first-order chi connectivity index (χ1) is 7.18. The number of rotatable bonds is 2. The van der Waals surface area contributed by atoms with Crippen molar-refractivity contribution in [1.29, 1.82) is 0 Å². The zero-order valence-corrected chi connectivity index (χ0v) is 9.38. The lowest BCUT2D eigenvalue weighted by molar-refractivity contribution is 0.101. The van der Waals surface area contributed by atoms with E-state index in [0.29, 0.717) is 16.5 Å². The molecule has 1 heterocycles. The van der Waals surface area contributed by atoms with Gasteiger partial charge in [-0.25, -0.2) is 0 Å². The Morgan fingerprint density at radius 3 is 2.87 bits per heavy atom. The van der Waals surface area contributed by atoms with Crippen molar-refractivity contribution in [2.24, 2.45) is 0 Å². The lowest BCUT2D eigenvalue weighted by Crippen LogP contribution is -2.00. The highest BCUT2D eigenvalue weighted by molar-refractivity contribution is 6.31. The van der Waals surface area contributed by atoms with E-state index in [4.69, 9.17) is 16.3 Å². The van der Waals surface area contributed by atoms with E-state index in [9.17, 15) is 4.79 Å². The summed E-state index contributed by atoms with van der Waals surface area (Å²) in [7, 11) is 0. The molecule has 1 aromatic carbocycles. The van der Waals surface area contributed by atoms with Gasteiger partial charge in [0.2, 0.25) is 0 Å². The fourth-order valence-corrected chi connectivity index (χ4v) is 2.19. The summed E-state index contributed by atoms with van der Waals surface area (Å²) in [5.74, 6) is 0.435. The number of carbonyl (C=O) groups is 1. The second kappa shape index (κ2) is 4.33. The van der Waals surface area contributed by atoms with Crippen LogP contribution in [0.4, 0.5) is 0 Å². The Labute approximate surface area is 94.2 Å². The molecule has 0 amide bonds. The second-order valence-electron chi connectivity index (χ2n) is 3.85. The summed E-state index contributed by atoms with van der Waals surface area (Å²) in [4.78, 5) is 11.1. The zero-order chi connectivity index (χ0) is 10.8. The highest BCUT2D eigenvalue weighted by atomic mass is 35.5. The number of hydrogen-bond donors (Lipinski definition) is 0. The Morgan fingerprint density at radius 1 is 1.53 bits per heavy atom. The van der Waals surface area contributed by atoms with E-state index < -0.39 is 0 Å². The van der Waals surface area contributed by atoms with Gasteiger partial charge in [0.05, 0.1) is 6.61 Å². The highest BCUT2D eigenvalue weighted by Crippen LogP contribution is 2.31. The van der Waals surface area contributed by atoms with Crippen molar-refractivity contribution in [2.45, 2.75) is 19.3 Å². The molecule has 0 aliphatic carbocycles. The Bertz CT molecular complexity index is 381. The van der Waals surface area contributed by atoms with Crippen LogP contribution in [0.15, 0.2) is 18.2 Å². The molecular formula is C12H13ClO2. The number of ketones is 1. The largest absolute Gasteiger partial charge is 0.381 e. The van der Waals surface area contributed by atoms with Crippen LogP contribution >= 0.6 is 11.6 Å². The summed E-state index contributed by atoms with van der Waals surface area (Å²) in [5, 5.41) is 0.679. The van der Waals surface area contributed by atoms with Crippen molar-refractivity contribution in [3.8, 4) is 0 Å². The number of benzene rings is 1. The van der Waals surface area contributed by atoms with Gasteiger partial charge in [-0.2, -0.15) is 0 Å². The summed E-state index contributed by atoms with van der Waals surface area (Å²) in [5.41, 5.74) is 1.77. The van der Waals surface area contributed by atoms with Crippen LogP contribution < -0.4 is 0 Å². The monoisotopic (exact) mass is 224 g/mol. The van der Waals surface area contributed by atoms with Crippen LogP contribution in [0, 0.1) is 0 Å². The first kappa shape index (κ1) is 10.7. The molecule has 15 heavy (non-hydrogen) atoms. The van der Waals surface area contributed by atoms with E-state index in [0.717, 1.165) is 25.2 Å². The molecule has 80 valence electrons. The Balaban J connectivity index is 2.29. The maximum atomic E-state index is 11.1. The third-order valence-corrected chi connectivity index (χ3v) is 3.10. The summed E-state index contributed by atoms with van der Waals surface area (Å²) >= 11 is 6.15. The molecule has 1 fully saturated rings. The summed E-state index contributed by atoms with van der Waals surface area (Å²) < 4.78 is 5.32. The van der Waals surface area contributed by atoms with Crippen LogP contribution in [0.3, 0.4) is 0 Å². The Morgan fingerprint density at radius 2 is 2.33 bits per heavy atom. The third kappa shape index (κ3) is 2.21. The molecule has 0 spiro atoms. The predicted octanol–water partition coefficient (Wildman–Crippen LogP) is 3.05. The normalized spacial score (nSPS) is 20.5. The topological polar surface area (TPSA) is 26.3 Å². The molecule has 2 nitrogen and oxygen atoms in total. The van der Waals surface area contributed by atoms with Crippen LogP contribution in [0.5, 0.6) is 0 Å². The van der Waals surface area contributed by atoms with E-state index in [1.54, 1.807) is 13.0 Å². The molecule has 1 aromatic rings. The molecule has 1 atom stereocenters. The van der Waals surface area contributed by atoms with Crippen LogP contribution in [-0.2, 0) is 4.74 Å². The quantitative estimate of drug-likeness (QED) is 0.722. The smallest absolute Gasteiger partial charge is 0.159 e. The molecule has 1 aliphatic rings. The third-order valence-electron chi connectivity index (χ3n) is 2.78. The number of hydrogen-bond acceptors (Lipinski definition) is 2. The minimum atomic E-state index is 0.0473. The molecule has 3 heteroatoms.